The molecule has 6 nitrogen and oxygen atoms in total. The van der Waals surface area contributed by atoms with Crippen molar-refractivity contribution < 1.29 is 19.8 Å². The molecule has 1 heterocycles. The number of nitrogens with one attached hydrogen (secondary N) is 1. The van der Waals surface area contributed by atoms with Crippen LogP contribution in [-0.2, 0) is 16.0 Å². The van der Waals surface area contributed by atoms with Crippen molar-refractivity contribution in [3.63, 3.8) is 0 Å². The summed E-state index contributed by atoms with van der Waals surface area (Å²) in [5.41, 5.74) is 6.95. The molecule has 1 amide bonds. The molecule has 0 aliphatic rings. The Labute approximate surface area is 134 Å². The average molecular weight is 328 g/mol. The largest absolute Gasteiger partial charge is 0.480 e. The summed E-state index contributed by atoms with van der Waals surface area (Å²) in [5, 5.41) is 23.4. The fraction of sp³-hybridized carbons (Fsp3) is 0.600. The number of aryl methyl sites for hydroxylation is 1. The maximum absolute atomic E-state index is 12.0. The molecule has 1 aromatic heterocycles. The summed E-state index contributed by atoms with van der Waals surface area (Å²) < 4.78 is 0. The van der Waals surface area contributed by atoms with Crippen LogP contribution in [0.5, 0.6) is 0 Å². The van der Waals surface area contributed by atoms with E-state index in [0.29, 0.717) is 12.8 Å². The van der Waals surface area contributed by atoms with E-state index in [1.165, 1.54) is 11.3 Å². The molecule has 0 spiro atoms. The Balaban J connectivity index is 2.62. The summed E-state index contributed by atoms with van der Waals surface area (Å²) in [6.07, 6.45) is -0.761. The van der Waals surface area contributed by atoms with Gasteiger partial charge in [0.2, 0.25) is 0 Å². The van der Waals surface area contributed by atoms with E-state index in [9.17, 15) is 14.7 Å². The van der Waals surface area contributed by atoms with Gasteiger partial charge in [-0.25, -0.2) is 4.79 Å². The van der Waals surface area contributed by atoms with Gasteiger partial charge in [0.05, 0.1) is 0 Å². The first-order valence-corrected chi connectivity index (χ1v) is 8.10. The van der Waals surface area contributed by atoms with Crippen LogP contribution in [0.4, 0.5) is 0 Å². The number of carboxylic acid groups (broad SMARTS) is 1. The number of carbonyl (C=O) groups excluding carboxylic acids is 1. The molecule has 22 heavy (non-hydrogen) atoms. The van der Waals surface area contributed by atoms with E-state index in [1.807, 2.05) is 32.2 Å². The van der Waals surface area contributed by atoms with Crippen molar-refractivity contribution in [2.75, 3.05) is 0 Å². The summed E-state index contributed by atoms with van der Waals surface area (Å²) in [4.78, 5) is 24.1. The molecule has 0 fully saturated rings. The molecule has 0 bridgehead atoms. The first-order chi connectivity index (χ1) is 10.2. The molecule has 7 heteroatoms. The number of carbonyl (C=O) groups is 2. The number of hydrogen-bond acceptors (Lipinski definition) is 5. The fourth-order valence-electron chi connectivity index (χ4n) is 2.08. The second kappa shape index (κ2) is 8.26. The molecule has 0 saturated heterocycles. The number of nitrogens with two attached hydrogens (primary N) is 1. The zero-order chi connectivity index (χ0) is 16.9. The molecule has 124 valence electrons. The molecule has 0 aliphatic heterocycles. The van der Waals surface area contributed by atoms with Crippen LogP contribution in [0.25, 0.3) is 0 Å². The van der Waals surface area contributed by atoms with Crippen LogP contribution in [0, 0.1) is 12.8 Å². The molecule has 1 aromatic rings. The fourth-order valence-corrected chi connectivity index (χ4v) is 3.06. The number of aliphatic hydroxyl groups is 1. The van der Waals surface area contributed by atoms with Gasteiger partial charge in [0.25, 0.3) is 5.91 Å². The van der Waals surface area contributed by atoms with Crippen LogP contribution in [-0.4, -0.2) is 40.3 Å². The van der Waals surface area contributed by atoms with E-state index in [1.54, 1.807) is 0 Å². The topological polar surface area (TPSA) is 113 Å². The van der Waals surface area contributed by atoms with Gasteiger partial charge in [0.15, 0.2) is 0 Å². The summed E-state index contributed by atoms with van der Waals surface area (Å²) in [5.74, 6) is -1.74. The first kappa shape index (κ1) is 18.6. The van der Waals surface area contributed by atoms with Crippen LogP contribution in [0.1, 0.15) is 30.7 Å². The third-order valence-corrected chi connectivity index (χ3v) is 4.43. The van der Waals surface area contributed by atoms with Gasteiger partial charge in [-0.3, -0.25) is 4.79 Å². The van der Waals surface area contributed by atoms with E-state index in [-0.39, 0.29) is 5.92 Å². The van der Waals surface area contributed by atoms with Gasteiger partial charge in [-0.05, 0) is 36.3 Å². The summed E-state index contributed by atoms with van der Waals surface area (Å²) >= 11 is 1.52. The van der Waals surface area contributed by atoms with E-state index >= 15 is 0 Å². The Hall–Kier alpha value is -1.44. The second-order valence-electron chi connectivity index (χ2n) is 5.87. The van der Waals surface area contributed by atoms with E-state index in [2.05, 4.69) is 5.32 Å². The average Bonchev–Trinajstić information content (AvgIpc) is 2.81. The summed E-state index contributed by atoms with van der Waals surface area (Å²) in [7, 11) is 0. The molecule has 5 N–H and O–H groups in total. The van der Waals surface area contributed by atoms with Crippen molar-refractivity contribution in [3.8, 4) is 0 Å². The molecule has 3 atom stereocenters. The van der Waals surface area contributed by atoms with Crippen molar-refractivity contribution in [1.29, 1.82) is 0 Å². The van der Waals surface area contributed by atoms with Gasteiger partial charge in [-0.2, -0.15) is 0 Å². The molecule has 0 aliphatic carbocycles. The highest BCUT2D eigenvalue weighted by atomic mass is 32.1. The number of hydrogen-bond donors (Lipinski definition) is 4. The number of amides is 1. The number of aliphatic carboxylic acids is 1. The van der Waals surface area contributed by atoms with E-state index < -0.39 is 30.1 Å². The predicted molar refractivity (Wildman–Crippen MR) is 85.8 cm³/mol. The Morgan fingerprint density at radius 1 is 1.41 bits per heavy atom. The van der Waals surface area contributed by atoms with Crippen LogP contribution in [0.15, 0.2) is 11.4 Å². The third kappa shape index (κ3) is 5.40. The van der Waals surface area contributed by atoms with Gasteiger partial charge >= 0.3 is 5.97 Å². The Bertz CT molecular complexity index is 515. The van der Waals surface area contributed by atoms with Crippen LogP contribution in [0.2, 0.25) is 0 Å². The lowest BCUT2D eigenvalue weighted by molar-refractivity contribution is -0.144. The smallest absolute Gasteiger partial charge is 0.326 e. The zero-order valence-electron chi connectivity index (χ0n) is 13.1. The van der Waals surface area contributed by atoms with Crippen molar-refractivity contribution in [3.05, 3.63) is 21.9 Å². The first-order valence-electron chi connectivity index (χ1n) is 7.22. The van der Waals surface area contributed by atoms with Crippen molar-refractivity contribution in [2.45, 2.75) is 51.8 Å². The predicted octanol–water partition coefficient (Wildman–Crippen LogP) is 0.903. The highest BCUT2D eigenvalue weighted by molar-refractivity contribution is 7.10. The highest BCUT2D eigenvalue weighted by Gasteiger charge is 2.28. The maximum atomic E-state index is 12.0. The minimum atomic E-state index is -1.43. The summed E-state index contributed by atoms with van der Waals surface area (Å²) in [6.45, 7) is 5.67. The lowest BCUT2D eigenvalue weighted by Crippen LogP contribution is -2.52. The number of rotatable bonds is 8. The minimum absolute atomic E-state index is 0.112. The van der Waals surface area contributed by atoms with Crippen molar-refractivity contribution in [2.24, 2.45) is 11.7 Å². The molecular weight excluding hydrogens is 304 g/mol. The highest BCUT2D eigenvalue weighted by Crippen LogP contribution is 2.18. The van der Waals surface area contributed by atoms with Gasteiger partial charge in [0.1, 0.15) is 12.1 Å². The summed E-state index contributed by atoms with van der Waals surface area (Å²) in [6, 6.07) is 0.158. The number of thiophene rings is 1. The maximum Gasteiger partial charge on any atom is 0.326 e. The Morgan fingerprint density at radius 2 is 2.05 bits per heavy atom. The van der Waals surface area contributed by atoms with Crippen molar-refractivity contribution in [1.82, 2.24) is 5.32 Å². The molecule has 0 radical (unpaired) electrons. The number of aliphatic hydroxyl groups excluding tert-OH is 1. The minimum Gasteiger partial charge on any atom is -0.480 e. The van der Waals surface area contributed by atoms with Crippen molar-refractivity contribution >= 4 is 23.2 Å². The standard InChI is InChI=1S/C15H24N2O4S/c1-8(2)6-11(15(20)21)17-14(19)13(18)10(16)7-12-9(3)4-5-22-12/h4-5,8,10-11,13,18H,6-7,16H2,1-3H3,(H,17,19)(H,20,21)/t10-,11+,13-/m1/s1. The normalized spacial score (nSPS) is 15.4. The Morgan fingerprint density at radius 3 is 2.50 bits per heavy atom. The van der Waals surface area contributed by atoms with E-state index in [0.717, 1.165) is 10.4 Å². The molecule has 0 aromatic carbocycles. The van der Waals surface area contributed by atoms with E-state index in [4.69, 9.17) is 10.8 Å². The zero-order valence-corrected chi connectivity index (χ0v) is 13.9. The molecule has 0 saturated carbocycles. The SMILES string of the molecule is Cc1ccsc1C[C@@H](N)[C@@H](O)C(=O)N[C@@H](CC(C)C)C(=O)O. The second-order valence-corrected chi connectivity index (χ2v) is 6.87. The quantitative estimate of drug-likeness (QED) is 0.566. The Kier molecular flexibility index (Phi) is 6.99. The molecular formula is C15H24N2O4S. The monoisotopic (exact) mass is 328 g/mol. The van der Waals surface area contributed by atoms with Crippen LogP contribution >= 0.6 is 11.3 Å². The molecule has 0 unspecified atom stereocenters. The van der Waals surface area contributed by atoms with Gasteiger partial charge in [-0.15, -0.1) is 11.3 Å². The van der Waals surface area contributed by atoms with Gasteiger partial charge in [0, 0.05) is 17.3 Å². The number of carboxylic acids is 1. The lowest BCUT2D eigenvalue weighted by atomic mass is 10.0. The molecule has 1 rings (SSSR count). The lowest BCUT2D eigenvalue weighted by Gasteiger charge is -2.22. The van der Waals surface area contributed by atoms with Gasteiger partial charge < -0.3 is 21.3 Å². The van der Waals surface area contributed by atoms with Crippen LogP contribution < -0.4 is 11.1 Å². The third-order valence-electron chi connectivity index (χ3n) is 3.39. The van der Waals surface area contributed by atoms with Crippen LogP contribution in [0.3, 0.4) is 0 Å². The van der Waals surface area contributed by atoms with Gasteiger partial charge in [-0.1, -0.05) is 13.8 Å².